The first kappa shape index (κ1) is 8.71. The summed E-state index contributed by atoms with van der Waals surface area (Å²) in [6, 6.07) is 0. The summed E-state index contributed by atoms with van der Waals surface area (Å²) in [5.41, 5.74) is 4.11. The summed E-state index contributed by atoms with van der Waals surface area (Å²) in [7, 11) is 0. The fraction of sp³-hybridized carbons (Fsp3) is 0.300. The molecule has 1 aliphatic carbocycles. The number of hydrogen-bond acceptors (Lipinski definition) is 0. The summed E-state index contributed by atoms with van der Waals surface area (Å²) >= 11 is -1.85. The van der Waals surface area contributed by atoms with Crippen LogP contribution in [0.5, 0.6) is 0 Å². The van der Waals surface area contributed by atoms with E-state index in [0.29, 0.717) is 0 Å². The van der Waals surface area contributed by atoms with E-state index in [4.69, 9.17) is 0 Å². The van der Waals surface area contributed by atoms with Crippen LogP contribution in [0, 0.1) is 9.86 Å². The molecule has 0 saturated heterocycles. The maximum absolute atomic E-state index is 3.35. The Morgan fingerprint density at radius 2 is 2.09 bits per heavy atom. The Morgan fingerprint density at radius 1 is 1.36 bits per heavy atom. The molecule has 1 aliphatic rings. The Morgan fingerprint density at radius 3 is 2.55 bits per heavy atom. The molecule has 0 aromatic rings. The van der Waals surface area contributed by atoms with Gasteiger partial charge in [0, 0.05) is 0 Å². The molecule has 0 heterocycles. The van der Waals surface area contributed by atoms with Crippen LogP contribution < -0.4 is 0 Å². The minimum absolute atomic E-state index is 1.04. The second-order valence-electron chi connectivity index (χ2n) is 3.58. The normalized spacial score (nSPS) is 14.3. The second kappa shape index (κ2) is 3.34. The van der Waals surface area contributed by atoms with E-state index in [1.165, 1.54) is 0 Å². The molecule has 0 aromatic carbocycles. The molecule has 0 bridgehead atoms. The van der Waals surface area contributed by atoms with E-state index in [-0.39, 0.29) is 0 Å². The van der Waals surface area contributed by atoms with Crippen LogP contribution in [-0.2, 0) is 0 Å². The summed E-state index contributed by atoms with van der Waals surface area (Å²) in [4.78, 5) is 6.93. The standard InChI is InChI=1S/C7H3.3CH3.Sn/c1-2-7-5-3-4-6-7;;;;/h3-5H;3*1H3;. The van der Waals surface area contributed by atoms with Gasteiger partial charge in [-0.3, -0.25) is 0 Å². The monoisotopic (exact) mass is 252 g/mol. The number of allylic oxidation sites excluding steroid dienone is 3. The van der Waals surface area contributed by atoms with Crippen LogP contribution in [0.3, 0.4) is 0 Å². The molecular weight excluding hydrogens is 239 g/mol. The van der Waals surface area contributed by atoms with E-state index in [2.05, 4.69) is 30.4 Å². The fourth-order valence-electron chi connectivity index (χ4n) is 0.663. The minimum atomic E-state index is -1.85. The van der Waals surface area contributed by atoms with Crippen molar-refractivity contribution in [3.63, 3.8) is 0 Å². The first-order valence-electron chi connectivity index (χ1n) is 3.74. The predicted octanol–water partition coefficient (Wildman–Crippen LogP) is 2.52. The van der Waals surface area contributed by atoms with Gasteiger partial charge in [-0.05, 0) is 0 Å². The Kier molecular flexibility index (Phi) is 2.65. The second-order valence-corrected chi connectivity index (χ2v) is 17.1. The molecule has 0 saturated carbocycles. The van der Waals surface area contributed by atoms with Crippen LogP contribution >= 0.6 is 0 Å². The number of rotatable bonds is 0. The van der Waals surface area contributed by atoms with Gasteiger partial charge < -0.3 is 0 Å². The van der Waals surface area contributed by atoms with Crippen molar-refractivity contribution in [3.05, 3.63) is 29.5 Å². The molecule has 0 aliphatic heterocycles. The van der Waals surface area contributed by atoms with Crippen molar-refractivity contribution < 1.29 is 0 Å². The molecular formula is C10H12Sn. The van der Waals surface area contributed by atoms with Crippen molar-refractivity contribution in [2.45, 2.75) is 14.8 Å². The molecule has 0 N–H and O–H groups in total. The van der Waals surface area contributed by atoms with Gasteiger partial charge in [0.2, 0.25) is 0 Å². The van der Waals surface area contributed by atoms with Crippen LogP contribution in [0.15, 0.2) is 29.5 Å². The zero-order valence-corrected chi connectivity index (χ0v) is 10.1. The zero-order chi connectivity index (χ0) is 8.32. The molecule has 1 rings (SSSR count). The molecule has 0 radical (unpaired) electrons. The van der Waals surface area contributed by atoms with Crippen LogP contribution in [0.25, 0.3) is 0 Å². The van der Waals surface area contributed by atoms with Gasteiger partial charge in [0.25, 0.3) is 0 Å². The predicted molar refractivity (Wildman–Crippen MR) is 51.9 cm³/mol. The Bertz CT molecular complexity index is 296. The summed E-state index contributed by atoms with van der Waals surface area (Å²) in [6.07, 6.45) is 5.88. The first-order valence-corrected chi connectivity index (χ1v) is 13.7. The van der Waals surface area contributed by atoms with E-state index in [1.54, 1.807) is 0 Å². The van der Waals surface area contributed by atoms with Gasteiger partial charge in [-0.25, -0.2) is 0 Å². The van der Waals surface area contributed by atoms with Gasteiger partial charge >= 0.3 is 72.6 Å². The van der Waals surface area contributed by atoms with Crippen molar-refractivity contribution in [2.24, 2.45) is 0 Å². The molecule has 1 heteroatoms. The molecule has 0 unspecified atom stereocenters. The Hall–Kier alpha value is -0.381. The molecule has 0 amide bonds. The van der Waals surface area contributed by atoms with Crippen LogP contribution in [0.4, 0.5) is 0 Å². The average Bonchev–Trinajstić information content (AvgIpc) is 2.32. The molecule has 56 valence electrons. The Balaban J connectivity index is 2.73. The van der Waals surface area contributed by atoms with Gasteiger partial charge in [0.1, 0.15) is 0 Å². The van der Waals surface area contributed by atoms with E-state index < -0.39 is 18.4 Å². The zero-order valence-electron chi connectivity index (χ0n) is 7.23. The molecule has 0 spiro atoms. The first-order chi connectivity index (χ1) is 5.08. The van der Waals surface area contributed by atoms with Crippen LogP contribution in [0.1, 0.15) is 0 Å². The third-order valence-electron chi connectivity index (χ3n) is 1.17. The average molecular weight is 251 g/mol. The maximum atomic E-state index is 3.35. The SMILES string of the molecule is [CH3][Sn]([CH3])([CH3])[C]#CC1=C=CC=C1. The molecule has 0 nitrogen and oxygen atoms in total. The Labute approximate surface area is 72.6 Å². The summed E-state index contributed by atoms with van der Waals surface area (Å²) in [6.45, 7) is 0. The van der Waals surface area contributed by atoms with Crippen LogP contribution in [-0.4, -0.2) is 18.4 Å². The van der Waals surface area contributed by atoms with Crippen molar-refractivity contribution in [1.29, 1.82) is 0 Å². The van der Waals surface area contributed by atoms with Crippen molar-refractivity contribution >= 4 is 18.4 Å². The third-order valence-corrected chi connectivity index (χ3v) is 3.67. The molecule has 11 heavy (non-hydrogen) atoms. The summed E-state index contributed by atoms with van der Waals surface area (Å²) in [5, 5.41) is 0. The third kappa shape index (κ3) is 3.51. The van der Waals surface area contributed by atoms with E-state index in [9.17, 15) is 0 Å². The topological polar surface area (TPSA) is 0 Å². The van der Waals surface area contributed by atoms with Crippen molar-refractivity contribution in [3.8, 4) is 9.86 Å². The van der Waals surface area contributed by atoms with Crippen LogP contribution in [0.2, 0.25) is 14.8 Å². The fourth-order valence-corrected chi connectivity index (χ4v) is 2.12. The van der Waals surface area contributed by atoms with E-state index >= 15 is 0 Å². The molecule has 0 atom stereocenters. The molecule has 0 fully saturated rings. The van der Waals surface area contributed by atoms with Gasteiger partial charge in [-0.1, -0.05) is 0 Å². The van der Waals surface area contributed by atoms with Crippen molar-refractivity contribution in [1.82, 2.24) is 0 Å². The number of hydrogen-bond donors (Lipinski definition) is 0. The quantitative estimate of drug-likeness (QED) is 0.352. The van der Waals surface area contributed by atoms with Gasteiger partial charge in [0.05, 0.1) is 0 Å². The summed E-state index contributed by atoms with van der Waals surface area (Å²) < 4.78 is 3.35. The van der Waals surface area contributed by atoms with Crippen molar-refractivity contribution in [2.75, 3.05) is 0 Å². The summed E-state index contributed by atoms with van der Waals surface area (Å²) in [5.74, 6) is 3.15. The van der Waals surface area contributed by atoms with Gasteiger partial charge in [-0.15, -0.1) is 0 Å². The molecule has 0 aromatic heterocycles. The van der Waals surface area contributed by atoms with E-state index in [1.807, 2.05) is 18.2 Å². The van der Waals surface area contributed by atoms with Gasteiger partial charge in [-0.2, -0.15) is 0 Å². The van der Waals surface area contributed by atoms with Gasteiger partial charge in [0.15, 0.2) is 0 Å². The van der Waals surface area contributed by atoms with E-state index in [0.717, 1.165) is 5.57 Å².